The fourth-order valence-electron chi connectivity index (χ4n) is 1.18. The van der Waals surface area contributed by atoms with Crippen LogP contribution in [0.4, 0.5) is 0 Å². The van der Waals surface area contributed by atoms with Crippen molar-refractivity contribution >= 4 is 11.9 Å². The number of rotatable bonds is 6. The first-order valence-electron chi connectivity index (χ1n) is 5.68. The Labute approximate surface area is 106 Å². The van der Waals surface area contributed by atoms with Gasteiger partial charge in [0, 0.05) is 12.0 Å². The summed E-state index contributed by atoms with van der Waals surface area (Å²) in [5.74, 6) is -0.263. The van der Waals surface area contributed by atoms with Crippen molar-refractivity contribution in [3.8, 4) is 5.75 Å². The van der Waals surface area contributed by atoms with Crippen LogP contribution in [0.3, 0.4) is 0 Å². The summed E-state index contributed by atoms with van der Waals surface area (Å²) in [4.78, 5) is 22.5. The summed E-state index contributed by atoms with van der Waals surface area (Å²) in [5, 5.41) is 0. The van der Waals surface area contributed by atoms with Crippen LogP contribution in [0.15, 0.2) is 42.5 Å². The number of esters is 2. The normalized spacial score (nSPS) is 9.61. The zero-order valence-electron chi connectivity index (χ0n) is 10.3. The summed E-state index contributed by atoms with van der Waals surface area (Å²) < 4.78 is 9.93. The van der Waals surface area contributed by atoms with Crippen molar-refractivity contribution in [2.45, 2.75) is 19.8 Å². The van der Waals surface area contributed by atoms with Gasteiger partial charge in [0.1, 0.15) is 5.75 Å². The second kappa shape index (κ2) is 7.27. The Hall–Kier alpha value is -2.10. The number of para-hydroxylation sites is 1. The molecular weight excluding hydrogens is 232 g/mol. The van der Waals surface area contributed by atoms with Gasteiger partial charge in [0.2, 0.25) is 0 Å². The van der Waals surface area contributed by atoms with Gasteiger partial charge in [-0.3, -0.25) is 4.79 Å². The smallest absolute Gasteiger partial charge is 0.333 e. The molecule has 1 aromatic carbocycles. The molecule has 18 heavy (non-hydrogen) atoms. The highest BCUT2D eigenvalue weighted by atomic mass is 16.5. The van der Waals surface area contributed by atoms with Crippen LogP contribution in [0.5, 0.6) is 5.75 Å². The molecule has 0 aliphatic heterocycles. The highest BCUT2D eigenvalue weighted by Crippen LogP contribution is 2.09. The fraction of sp³-hybridized carbons (Fsp3) is 0.286. The molecule has 0 radical (unpaired) electrons. The first kappa shape index (κ1) is 14.0. The van der Waals surface area contributed by atoms with Gasteiger partial charge in [-0.15, -0.1) is 0 Å². The average molecular weight is 248 g/mol. The van der Waals surface area contributed by atoms with Gasteiger partial charge in [-0.05, 0) is 25.5 Å². The topological polar surface area (TPSA) is 52.6 Å². The van der Waals surface area contributed by atoms with Crippen LogP contribution in [-0.2, 0) is 14.3 Å². The van der Waals surface area contributed by atoms with E-state index in [0.717, 1.165) is 0 Å². The second-order valence-corrected chi connectivity index (χ2v) is 3.81. The minimum Gasteiger partial charge on any atom is -0.462 e. The number of ether oxygens (including phenoxy) is 2. The van der Waals surface area contributed by atoms with Gasteiger partial charge in [-0.2, -0.15) is 0 Å². The van der Waals surface area contributed by atoms with E-state index in [9.17, 15) is 9.59 Å². The van der Waals surface area contributed by atoms with Crippen molar-refractivity contribution in [3.63, 3.8) is 0 Å². The summed E-state index contributed by atoms with van der Waals surface area (Å²) >= 11 is 0. The molecule has 1 aromatic rings. The minimum absolute atomic E-state index is 0.190. The van der Waals surface area contributed by atoms with E-state index < -0.39 is 5.97 Å². The van der Waals surface area contributed by atoms with Crippen LogP contribution in [0.2, 0.25) is 0 Å². The summed E-state index contributed by atoms with van der Waals surface area (Å²) in [5.41, 5.74) is 0.349. The zero-order chi connectivity index (χ0) is 13.4. The number of hydrogen-bond donors (Lipinski definition) is 0. The lowest BCUT2D eigenvalue weighted by atomic mass is 10.3. The average Bonchev–Trinajstić information content (AvgIpc) is 2.35. The summed E-state index contributed by atoms with van der Waals surface area (Å²) in [6, 6.07) is 8.83. The van der Waals surface area contributed by atoms with Crippen molar-refractivity contribution in [1.82, 2.24) is 0 Å². The molecule has 0 fully saturated rings. The molecule has 0 spiro atoms. The van der Waals surface area contributed by atoms with E-state index in [2.05, 4.69) is 6.58 Å². The lowest BCUT2D eigenvalue weighted by Gasteiger charge is -2.05. The van der Waals surface area contributed by atoms with Gasteiger partial charge in [0.25, 0.3) is 0 Å². The second-order valence-electron chi connectivity index (χ2n) is 3.81. The maximum absolute atomic E-state index is 11.4. The predicted molar refractivity (Wildman–Crippen MR) is 67.1 cm³/mol. The van der Waals surface area contributed by atoms with Crippen LogP contribution in [0.1, 0.15) is 19.8 Å². The van der Waals surface area contributed by atoms with Crippen molar-refractivity contribution in [1.29, 1.82) is 0 Å². The molecule has 0 heterocycles. The summed E-state index contributed by atoms with van der Waals surface area (Å²) in [6.07, 6.45) is 0.642. The number of carbonyl (C=O) groups is 2. The molecule has 0 N–H and O–H groups in total. The van der Waals surface area contributed by atoms with E-state index >= 15 is 0 Å². The Morgan fingerprint density at radius 3 is 2.50 bits per heavy atom. The lowest BCUT2D eigenvalue weighted by molar-refractivity contribution is -0.141. The monoisotopic (exact) mass is 248 g/mol. The van der Waals surface area contributed by atoms with Gasteiger partial charge in [-0.25, -0.2) is 4.79 Å². The largest absolute Gasteiger partial charge is 0.462 e. The molecule has 0 unspecified atom stereocenters. The Balaban J connectivity index is 2.18. The van der Waals surface area contributed by atoms with E-state index in [1.165, 1.54) is 0 Å². The maximum atomic E-state index is 11.4. The molecule has 0 atom stereocenters. The van der Waals surface area contributed by atoms with E-state index in [1.54, 1.807) is 31.2 Å². The van der Waals surface area contributed by atoms with Crippen LogP contribution < -0.4 is 4.74 Å². The molecule has 1 rings (SSSR count). The Morgan fingerprint density at radius 2 is 1.89 bits per heavy atom. The number of carbonyl (C=O) groups excluding carboxylic acids is 2. The quantitative estimate of drug-likeness (QED) is 0.336. The molecule has 0 aliphatic carbocycles. The predicted octanol–water partition coefficient (Wildman–Crippen LogP) is 2.49. The van der Waals surface area contributed by atoms with Crippen LogP contribution in [-0.4, -0.2) is 18.5 Å². The third kappa shape index (κ3) is 5.30. The van der Waals surface area contributed by atoms with Gasteiger partial charge in [0.05, 0.1) is 6.61 Å². The fourth-order valence-corrected chi connectivity index (χ4v) is 1.18. The molecule has 0 amide bonds. The molecule has 0 aromatic heterocycles. The zero-order valence-corrected chi connectivity index (χ0v) is 10.3. The molecule has 0 saturated carbocycles. The third-order valence-corrected chi connectivity index (χ3v) is 2.08. The van der Waals surface area contributed by atoms with Crippen molar-refractivity contribution in [3.05, 3.63) is 42.5 Å². The third-order valence-electron chi connectivity index (χ3n) is 2.08. The van der Waals surface area contributed by atoms with Crippen molar-refractivity contribution in [2.75, 3.05) is 6.61 Å². The molecular formula is C14H16O4. The maximum Gasteiger partial charge on any atom is 0.333 e. The number of benzene rings is 1. The van der Waals surface area contributed by atoms with Crippen LogP contribution in [0.25, 0.3) is 0 Å². The van der Waals surface area contributed by atoms with Crippen molar-refractivity contribution < 1.29 is 19.1 Å². The Morgan fingerprint density at radius 1 is 1.22 bits per heavy atom. The molecule has 4 heteroatoms. The molecule has 0 bridgehead atoms. The van der Waals surface area contributed by atoms with Crippen LogP contribution >= 0.6 is 0 Å². The Kier molecular flexibility index (Phi) is 5.64. The molecule has 96 valence electrons. The van der Waals surface area contributed by atoms with Crippen molar-refractivity contribution in [2.24, 2.45) is 0 Å². The van der Waals surface area contributed by atoms with Gasteiger partial charge in [-0.1, -0.05) is 24.8 Å². The van der Waals surface area contributed by atoms with Crippen LogP contribution in [0, 0.1) is 0 Å². The van der Waals surface area contributed by atoms with E-state index in [4.69, 9.17) is 9.47 Å². The first-order chi connectivity index (χ1) is 8.59. The van der Waals surface area contributed by atoms with E-state index in [0.29, 0.717) is 17.7 Å². The van der Waals surface area contributed by atoms with Gasteiger partial charge < -0.3 is 9.47 Å². The van der Waals surface area contributed by atoms with Gasteiger partial charge in [0.15, 0.2) is 0 Å². The SMILES string of the molecule is C=C(C)C(=O)OCCCC(=O)Oc1ccccc1. The molecule has 4 nitrogen and oxygen atoms in total. The lowest BCUT2D eigenvalue weighted by Crippen LogP contribution is -2.11. The standard InChI is InChI=1S/C14H16O4/c1-11(2)14(16)17-10-6-9-13(15)18-12-7-4-3-5-8-12/h3-5,7-8H,1,6,9-10H2,2H3. The Bertz CT molecular complexity index is 423. The number of hydrogen-bond acceptors (Lipinski definition) is 4. The summed E-state index contributed by atoms with van der Waals surface area (Å²) in [7, 11) is 0. The van der Waals surface area contributed by atoms with E-state index in [-0.39, 0.29) is 19.0 Å². The minimum atomic E-state index is -0.438. The highest BCUT2D eigenvalue weighted by Gasteiger charge is 2.06. The highest BCUT2D eigenvalue weighted by molar-refractivity contribution is 5.86. The molecule has 0 saturated heterocycles. The molecule has 0 aliphatic rings. The van der Waals surface area contributed by atoms with Gasteiger partial charge >= 0.3 is 11.9 Å². The first-order valence-corrected chi connectivity index (χ1v) is 5.68. The van der Waals surface area contributed by atoms with E-state index in [1.807, 2.05) is 6.07 Å². The summed E-state index contributed by atoms with van der Waals surface area (Å²) in [6.45, 7) is 5.22.